The fraction of sp³-hybridized carbons (Fsp3) is 0.179. The lowest BCUT2D eigenvalue weighted by Gasteiger charge is -2.35. The maximum Gasteiger partial charge on any atom is 0.259 e. The average Bonchev–Trinajstić information content (AvgIpc) is 3.60. The number of amides is 1. The number of pyridine rings is 1. The van der Waals surface area contributed by atoms with Gasteiger partial charge in [0.05, 0.1) is 17.2 Å². The number of nitrogens with zero attached hydrogens (tertiary/aromatic N) is 4. The van der Waals surface area contributed by atoms with Crippen molar-refractivity contribution in [2.45, 2.75) is 6.54 Å². The molecule has 174 valence electrons. The van der Waals surface area contributed by atoms with E-state index >= 15 is 0 Å². The summed E-state index contributed by atoms with van der Waals surface area (Å²) in [6, 6.07) is 25.6. The summed E-state index contributed by atoms with van der Waals surface area (Å²) in [5.74, 6) is 0.524. The van der Waals surface area contributed by atoms with E-state index in [1.54, 1.807) is 18.4 Å². The Morgan fingerprint density at radius 3 is 2.34 bits per heavy atom. The second kappa shape index (κ2) is 9.19. The maximum atomic E-state index is 13.9. The molecule has 7 heteroatoms. The first-order valence-electron chi connectivity index (χ1n) is 11.7. The first-order chi connectivity index (χ1) is 17.3. The second-order valence-electron chi connectivity index (χ2n) is 8.66. The highest BCUT2D eigenvalue weighted by molar-refractivity contribution is 6.10. The fourth-order valence-electron chi connectivity index (χ4n) is 4.58. The first kappa shape index (κ1) is 21.3. The Kier molecular flexibility index (Phi) is 5.60. The molecule has 2 aromatic carbocycles. The van der Waals surface area contributed by atoms with Crippen LogP contribution in [0.3, 0.4) is 0 Å². The Morgan fingerprint density at radius 2 is 1.63 bits per heavy atom. The van der Waals surface area contributed by atoms with Crippen molar-refractivity contribution >= 4 is 17.0 Å². The summed E-state index contributed by atoms with van der Waals surface area (Å²) in [6.45, 7) is 3.81. The minimum absolute atomic E-state index is 0.0510. The zero-order chi connectivity index (χ0) is 23.6. The smallest absolute Gasteiger partial charge is 0.259 e. The summed E-state index contributed by atoms with van der Waals surface area (Å²) in [7, 11) is 0. The van der Waals surface area contributed by atoms with Crippen LogP contribution >= 0.6 is 0 Å². The molecule has 3 aromatic heterocycles. The molecule has 0 radical (unpaired) electrons. The monoisotopic (exact) mass is 464 g/mol. The van der Waals surface area contributed by atoms with Crippen LogP contribution in [0.4, 0.5) is 0 Å². The molecule has 0 unspecified atom stereocenters. The molecule has 0 spiro atoms. The lowest BCUT2D eigenvalue weighted by Crippen LogP contribution is -2.48. The van der Waals surface area contributed by atoms with Crippen molar-refractivity contribution in [3.05, 3.63) is 96.3 Å². The van der Waals surface area contributed by atoms with E-state index in [4.69, 9.17) is 8.94 Å². The lowest BCUT2D eigenvalue weighted by atomic mass is 10.0. The molecular formula is C28H24N4O3. The predicted molar refractivity (Wildman–Crippen MR) is 133 cm³/mol. The molecule has 0 aliphatic carbocycles. The molecular weight excluding hydrogens is 440 g/mol. The van der Waals surface area contributed by atoms with Gasteiger partial charge in [-0.25, -0.2) is 4.98 Å². The zero-order valence-corrected chi connectivity index (χ0v) is 19.1. The van der Waals surface area contributed by atoms with Gasteiger partial charge < -0.3 is 13.8 Å². The van der Waals surface area contributed by atoms with Crippen LogP contribution in [0, 0.1) is 0 Å². The highest BCUT2D eigenvalue weighted by Gasteiger charge is 2.28. The predicted octanol–water partition coefficient (Wildman–Crippen LogP) is 5.11. The van der Waals surface area contributed by atoms with E-state index < -0.39 is 0 Å². The van der Waals surface area contributed by atoms with Gasteiger partial charge in [-0.1, -0.05) is 65.8 Å². The number of hydrogen-bond donors (Lipinski definition) is 0. The van der Waals surface area contributed by atoms with Crippen LogP contribution in [0.25, 0.3) is 33.8 Å². The van der Waals surface area contributed by atoms with Gasteiger partial charge in [-0.05, 0) is 23.8 Å². The Bertz CT molecular complexity index is 1440. The number of hydrogen-bond acceptors (Lipinski definition) is 6. The highest BCUT2D eigenvalue weighted by atomic mass is 16.5. The van der Waals surface area contributed by atoms with Crippen molar-refractivity contribution in [1.29, 1.82) is 0 Å². The second-order valence-corrected chi connectivity index (χ2v) is 8.66. The molecule has 0 bridgehead atoms. The van der Waals surface area contributed by atoms with Gasteiger partial charge in [0.25, 0.3) is 11.6 Å². The molecule has 4 heterocycles. The van der Waals surface area contributed by atoms with Crippen molar-refractivity contribution in [2.24, 2.45) is 0 Å². The average molecular weight is 465 g/mol. The Balaban J connectivity index is 1.33. The summed E-state index contributed by atoms with van der Waals surface area (Å²) >= 11 is 0. The molecule has 1 aliphatic rings. The highest BCUT2D eigenvalue weighted by Crippen LogP contribution is 2.33. The van der Waals surface area contributed by atoms with Crippen LogP contribution in [0.2, 0.25) is 0 Å². The standard InChI is InChI=1S/C28H24N4O3/c33-28(32-15-13-31(14-16-32)19-20-8-3-1-4-9-20)22-18-23(24-12-7-17-34-24)29-27-25(22)26(30-35-27)21-10-5-2-6-11-21/h1-12,17-18H,13-16,19H2. The topological polar surface area (TPSA) is 75.6 Å². The van der Waals surface area contributed by atoms with E-state index in [0.29, 0.717) is 46.9 Å². The van der Waals surface area contributed by atoms with E-state index in [1.165, 1.54) is 5.56 Å². The molecule has 1 amide bonds. The Labute approximate surface area is 202 Å². The van der Waals surface area contributed by atoms with Crippen LogP contribution in [0.1, 0.15) is 15.9 Å². The number of piperazine rings is 1. The van der Waals surface area contributed by atoms with Gasteiger partial charge in [0.15, 0.2) is 5.76 Å². The molecule has 1 aliphatic heterocycles. The van der Waals surface area contributed by atoms with Crippen molar-refractivity contribution in [2.75, 3.05) is 26.2 Å². The molecule has 5 aromatic rings. The molecule has 6 rings (SSSR count). The molecule has 0 N–H and O–H groups in total. The SMILES string of the molecule is O=C(c1cc(-c2ccco2)nc2onc(-c3ccccc3)c12)N1CCN(Cc2ccccc2)CC1. The molecule has 0 saturated carbocycles. The van der Waals surface area contributed by atoms with E-state index in [-0.39, 0.29) is 5.91 Å². The first-order valence-corrected chi connectivity index (χ1v) is 11.7. The number of carbonyl (C=O) groups excluding carboxylic acids is 1. The number of rotatable bonds is 5. The van der Waals surface area contributed by atoms with Crippen molar-refractivity contribution in [1.82, 2.24) is 19.9 Å². The van der Waals surface area contributed by atoms with Crippen LogP contribution in [0.5, 0.6) is 0 Å². The molecule has 0 atom stereocenters. The number of carbonyl (C=O) groups is 1. The summed E-state index contributed by atoms with van der Waals surface area (Å²) in [5, 5.41) is 4.92. The minimum Gasteiger partial charge on any atom is -0.463 e. The van der Waals surface area contributed by atoms with E-state index in [9.17, 15) is 4.79 Å². The summed E-state index contributed by atoms with van der Waals surface area (Å²) < 4.78 is 11.2. The number of aromatic nitrogens is 2. The van der Waals surface area contributed by atoms with Gasteiger partial charge in [-0.2, -0.15) is 0 Å². The molecule has 35 heavy (non-hydrogen) atoms. The normalized spacial score (nSPS) is 14.5. The number of fused-ring (bicyclic) bond motifs is 1. The maximum absolute atomic E-state index is 13.9. The van der Waals surface area contributed by atoms with Crippen molar-refractivity contribution in [3.8, 4) is 22.7 Å². The Hall–Kier alpha value is -4.23. The van der Waals surface area contributed by atoms with Crippen LogP contribution in [0.15, 0.2) is 94.1 Å². The van der Waals surface area contributed by atoms with Crippen LogP contribution in [-0.4, -0.2) is 52.0 Å². The van der Waals surface area contributed by atoms with E-state index in [1.807, 2.05) is 47.4 Å². The van der Waals surface area contributed by atoms with E-state index in [0.717, 1.165) is 25.2 Å². The number of furan rings is 1. The fourth-order valence-corrected chi connectivity index (χ4v) is 4.58. The third-order valence-electron chi connectivity index (χ3n) is 6.41. The van der Waals surface area contributed by atoms with Gasteiger partial charge in [-0.15, -0.1) is 0 Å². The van der Waals surface area contributed by atoms with Gasteiger partial charge in [0.1, 0.15) is 11.4 Å². The zero-order valence-electron chi connectivity index (χ0n) is 19.1. The third kappa shape index (κ3) is 4.22. The summed E-state index contributed by atoms with van der Waals surface area (Å²) in [4.78, 5) is 22.8. The molecule has 7 nitrogen and oxygen atoms in total. The minimum atomic E-state index is -0.0510. The van der Waals surface area contributed by atoms with Gasteiger partial charge >= 0.3 is 0 Å². The molecule has 1 fully saturated rings. The lowest BCUT2D eigenvalue weighted by molar-refractivity contribution is 0.0630. The van der Waals surface area contributed by atoms with Gasteiger partial charge in [0.2, 0.25) is 0 Å². The van der Waals surface area contributed by atoms with Crippen LogP contribution < -0.4 is 0 Å². The largest absolute Gasteiger partial charge is 0.463 e. The molecule has 1 saturated heterocycles. The van der Waals surface area contributed by atoms with Gasteiger partial charge in [0, 0.05) is 38.3 Å². The van der Waals surface area contributed by atoms with Gasteiger partial charge in [-0.3, -0.25) is 9.69 Å². The quantitative estimate of drug-likeness (QED) is 0.360. The Morgan fingerprint density at radius 1 is 0.886 bits per heavy atom. The summed E-state index contributed by atoms with van der Waals surface area (Å²) in [6.07, 6.45) is 1.59. The third-order valence-corrected chi connectivity index (χ3v) is 6.41. The van der Waals surface area contributed by atoms with Crippen molar-refractivity contribution in [3.63, 3.8) is 0 Å². The number of benzene rings is 2. The van der Waals surface area contributed by atoms with E-state index in [2.05, 4.69) is 39.3 Å². The van der Waals surface area contributed by atoms with Crippen LogP contribution in [-0.2, 0) is 6.54 Å². The summed E-state index contributed by atoms with van der Waals surface area (Å²) in [5.41, 5.74) is 4.17. The van der Waals surface area contributed by atoms with Crippen molar-refractivity contribution < 1.29 is 13.7 Å².